The number of hydrogen-bond acceptors (Lipinski definition) is 6. The van der Waals surface area contributed by atoms with Gasteiger partial charge in [-0.05, 0) is 6.92 Å². The third-order valence-electron chi connectivity index (χ3n) is 2.09. The Morgan fingerprint density at radius 3 is 2.00 bits per heavy atom. The zero-order chi connectivity index (χ0) is 12.1. The van der Waals surface area contributed by atoms with Crippen molar-refractivity contribution < 1.29 is 28.9 Å². The first kappa shape index (κ1) is 14.0. The second kappa shape index (κ2) is 5.79. The highest BCUT2D eigenvalue weighted by Crippen LogP contribution is 2.18. The number of hydrogen-bond donors (Lipinski definition) is 1. The molecule has 0 aromatic heterocycles. The lowest BCUT2D eigenvalue weighted by molar-refractivity contribution is -0.183. The van der Waals surface area contributed by atoms with Crippen LogP contribution in [0.25, 0.3) is 0 Å². The highest BCUT2D eigenvalue weighted by molar-refractivity contribution is 6.05. The van der Waals surface area contributed by atoms with Crippen LogP contribution in [0.4, 0.5) is 0 Å². The van der Waals surface area contributed by atoms with E-state index in [9.17, 15) is 14.7 Å². The largest absolute Gasteiger partial charge is 0.467 e. The van der Waals surface area contributed by atoms with Crippen LogP contribution in [0, 0.1) is 0 Å². The summed E-state index contributed by atoms with van der Waals surface area (Å²) in [6.45, 7) is 1.10. The number of esters is 1. The van der Waals surface area contributed by atoms with Crippen LogP contribution in [0.2, 0.25) is 0 Å². The van der Waals surface area contributed by atoms with Gasteiger partial charge in [-0.25, -0.2) is 4.79 Å². The maximum absolute atomic E-state index is 11.2. The molecule has 88 valence electrons. The van der Waals surface area contributed by atoms with Gasteiger partial charge in [0.05, 0.1) is 7.11 Å². The maximum atomic E-state index is 11.2. The Balaban J connectivity index is 4.80. The van der Waals surface area contributed by atoms with E-state index >= 15 is 0 Å². The van der Waals surface area contributed by atoms with Crippen LogP contribution in [0.5, 0.6) is 0 Å². The SMILES string of the molecule is COC(=O)[C@@](O)(CC(OC)OC)C(C)=O. The average molecular weight is 220 g/mol. The van der Waals surface area contributed by atoms with E-state index in [0.717, 1.165) is 14.0 Å². The molecule has 6 nitrogen and oxygen atoms in total. The van der Waals surface area contributed by atoms with E-state index in [4.69, 9.17) is 9.47 Å². The van der Waals surface area contributed by atoms with Gasteiger partial charge in [-0.2, -0.15) is 0 Å². The van der Waals surface area contributed by atoms with Gasteiger partial charge >= 0.3 is 5.97 Å². The summed E-state index contributed by atoms with van der Waals surface area (Å²) in [6, 6.07) is 0. The van der Waals surface area contributed by atoms with Gasteiger partial charge < -0.3 is 19.3 Å². The molecule has 0 fully saturated rings. The van der Waals surface area contributed by atoms with Gasteiger partial charge in [0, 0.05) is 20.6 Å². The molecule has 15 heavy (non-hydrogen) atoms. The molecule has 6 heteroatoms. The number of carbonyl (C=O) groups is 2. The van der Waals surface area contributed by atoms with Gasteiger partial charge in [0.25, 0.3) is 0 Å². The lowest BCUT2D eigenvalue weighted by Gasteiger charge is -2.25. The van der Waals surface area contributed by atoms with Gasteiger partial charge in [-0.3, -0.25) is 4.79 Å². The van der Waals surface area contributed by atoms with E-state index < -0.39 is 23.6 Å². The van der Waals surface area contributed by atoms with Gasteiger partial charge in [-0.15, -0.1) is 0 Å². The molecule has 0 spiro atoms. The fourth-order valence-electron chi connectivity index (χ4n) is 1.04. The maximum Gasteiger partial charge on any atom is 0.345 e. The van der Waals surface area contributed by atoms with Crippen molar-refractivity contribution >= 4 is 11.8 Å². The molecule has 0 amide bonds. The molecular formula is C9H16O6. The molecule has 0 aliphatic carbocycles. The van der Waals surface area contributed by atoms with E-state index in [0.29, 0.717) is 0 Å². The predicted molar refractivity (Wildman–Crippen MR) is 50.1 cm³/mol. The van der Waals surface area contributed by atoms with Gasteiger partial charge in [0.15, 0.2) is 12.1 Å². The minimum absolute atomic E-state index is 0.304. The highest BCUT2D eigenvalue weighted by Gasteiger charge is 2.44. The zero-order valence-corrected chi connectivity index (χ0v) is 9.27. The number of aliphatic hydroxyl groups is 1. The standard InChI is InChI=1S/C9H16O6/c1-6(10)9(12,8(11)15-4)5-7(13-2)14-3/h7,12H,5H2,1-4H3/t9-/m1/s1. The average Bonchev–Trinajstić information content (AvgIpc) is 2.23. The molecule has 0 rings (SSSR count). The van der Waals surface area contributed by atoms with Crippen molar-refractivity contribution in [2.24, 2.45) is 0 Å². The van der Waals surface area contributed by atoms with Crippen LogP contribution in [0.1, 0.15) is 13.3 Å². The first-order valence-corrected chi connectivity index (χ1v) is 4.29. The van der Waals surface area contributed by atoms with Crippen molar-refractivity contribution in [3.05, 3.63) is 0 Å². The Labute approximate surface area is 88.1 Å². The van der Waals surface area contributed by atoms with E-state index in [1.165, 1.54) is 14.2 Å². The van der Waals surface area contributed by atoms with Crippen molar-refractivity contribution in [1.29, 1.82) is 0 Å². The minimum atomic E-state index is -2.22. The molecule has 1 atom stereocenters. The highest BCUT2D eigenvalue weighted by atomic mass is 16.7. The molecular weight excluding hydrogens is 204 g/mol. The number of Topliss-reactive ketones (excluding diaryl/α,β-unsaturated/α-hetero) is 1. The summed E-state index contributed by atoms with van der Waals surface area (Å²) in [4.78, 5) is 22.4. The third kappa shape index (κ3) is 3.26. The lowest BCUT2D eigenvalue weighted by Crippen LogP contribution is -2.49. The fourth-order valence-corrected chi connectivity index (χ4v) is 1.04. The molecule has 1 N–H and O–H groups in total. The Morgan fingerprint density at radius 1 is 1.27 bits per heavy atom. The van der Waals surface area contributed by atoms with Gasteiger partial charge in [-0.1, -0.05) is 0 Å². The third-order valence-corrected chi connectivity index (χ3v) is 2.09. The molecule has 0 heterocycles. The smallest absolute Gasteiger partial charge is 0.345 e. The summed E-state index contributed by atoms with van der Waals surface area (Å²) in [7, 11) is 3.77. The fraction of sp³-hybridized carbons (Fsp3) is 0.778. The first-order valence-electron chi connectivity index (χ1n) is 4.29. The molecule has 0 unspecified atom stereocenters. The number of ether oxygens (including phenoxy) is 3. The topological polar surface area (TPSA) is 82.1 Å². The normalized spacial score (nSPS) is 14.8. The van der Waals surface area contributed by atoms with Gasteiger partial charge in [0.2, 0.25) is 5.60 Å². The molecule has 0 aromatic carbocycles. The molecule has 0 aliphatic heterocycles. The Bertz CT molecular complexity index is 235. The van der Waals surface area contributed by atoms with E-state index in [1.54, 1.807) is 0 Å². The summed E-state index contributed by atoms with van der Waals surface area (Å²) in [5.74, 6) is -1.73. The quantitative estimate of drug-likeness (QED) is 0.369. The summed E-state index contributed by atoms with van der Waals surface area (Å²) in [6.07, 6.45) is -1.15. The number of rotatable bonds is 6. The number of methoxy groups -OCH3 is 3. The number of carbonyl (C=O) groups excluding carboxylic acids is 2. The van der Waals surface area contributed by atoms with Crippen molar-refractivity contribution in [3.8, 4) is 0 Å². The summed E-state index contributed by atoms with van der Waals surface area (Å²) in [5, 5.41) is 9.81. The van der Waals surface area contributed by atoms with Crippen molar-refractivity contribution in [2.45, 2.75) is 25.2 Å². The van der Waals surface area contributed by atoms with Crippen molar-refractivity contribution in [3.63, 3.8) is 0 Å². The summed E-state index contributed by atoms with van der Waals surface area (Å²) >= 11 is 0. The Morgan fingerprint density at radius 2 is 1.73 bits per heavy atom. The van der Waals surface area contributed by atoms with Crippen molar-refractivity contribution in [2.75, 3.05) is 21.3 Å². The molecule has 0 radical (unpaired) electrons. The van der Waals surface area contributed by atoms with Gasteiger partial charge in [0.1, 0.15) is 0 Å². The van der Waals surface area contributed by atoms with Crippen LogP contribution < -0.4 is 0 Å². The predicted octanol–water partition coefficient (Wildman–Crippen LogP) is -0.512. The Hall–Kier alpha value is -0.980. The van der Waals surface area contributed by atoms with E-state index in [2.05, 4.69) is 4.74 Å². The van der Waals surface area contributed by atoms with Crippen LogP contribution >= 0.6 is 0 Å². The van der Waals surface area contributed by atoms with Crippen molar-refractivity contribution in [1.82, 2.24) is 0 Å². The van der Waals surface area contributed by atoms with E-state index in [-0.39, 0.29) is 6.42 Å². The van der Waals surface area contributed by atoms with E-state index in [1.807, 2.05) is 0 Å². The van der Waals surface area contributed by atoms with Crippen LogP contribution in [-0.4, -0.2) is 50.1 Å². The molecule has 0 aliphatic rings. The molecule has 0 saturated carbocycles. The zero-order valence-electron chi connectivity index (χ0n) is 9.27. The first-order chi connectivity index (χ1) is 6.92. The van der Waals surface area contributed by atoms with Crippen LogP contribution in [0.15, 0.2) is 0 Å². The van der Waals surface area contributed by atoms with Crippen LogP contribution in [0.3, 0.4) is 0 Å². The summed E-state index contributed by atoms with van der Waals surface area (Å²) in [5.41, 5.74) is -2.22. The number of ketones is 1. The summed E-state index contributed by atoms with van der Waals surface area (Å²) < 4.78 is 13.9. The van der Waals surface area contributed by atoms with Crippen LogP contribution in [-0.2, 0) is 23.8 Å². The molecule has 0 aromatic rings. The second-order valence-corrected chi connectivity index (χ2v) is 3.01. The minimum Gasteiger partial charge on any atom is -0.467 e. The second-order valence-electron chi connectivity index (χ2n) is 3.01. The lowest BCUT2D eigenvalue weighted by atomic mass is 9.95. The Kier molecular flexibility index (Phi) is 5.41. The molecule has 0 saturated heterocycles. The molecule has 0 bridgehead atoms. The monoisotopic (exact) mass is 220 g/mol.